The van der Waals surface area contributed by atoms with Gasteiger partial charge in [0, 0.05) is 19.6 Å². The maximum absolute atomic E-state index is 12.2. The van der Waals surface area contributed by atoms with Gasteiger partial charge in [-0.25, -0.2) is 13.4 Å². The number of sulfonamides is 1. The maximum atomic E-state index is 12.2. The van der Waals surface area contributed by atoms with Crippen LogP contribution in [0.3, 0.4) is 0 Å². The predicted octanol–water partition coefficient (Wildman–Crippen LogP) is 0.824. The van der Waals surface area contributed by atoms with Gasteiger partial charge >= 0.3 is 0 Å². The Balaban J connectivity index is 2.09. The molecule has 0 aromatic carbocycles. The van der Waals surface area contributed by atoms with Crippen LogP contribution < -0.4 is 5.32 Å². The second kappa shape index (κ2) is 5.01. The van der Waals surface area contributed by atoms with Gasteiger partial charge in [0.2, 0.25) is 0 Å². The van der Waals surface area contributed by atoms with Crippen LogP contribution in [-0.4, -0.2) is 43.9 Å². The van der Waals surface area contributed by atoms with E-state index in [1.807, 2.05) is 6.92 Å². The van der Waals surface area contributed by atoms with Crippen molar-refractivity contribution in [1.82, 2.24) is 14.6 Å². The van der Waals surface area contributed by atoms with Gasteiger partial charge in [0.1, 0.15) is 0 Å². The highest BCUT2D eigenvalue weighted by Crippen LogP contribution is 2.22. The summed E-state index contributed by atoms with van der Waals surface area (Å²) in [5.74, 6) is 0. The molecule has 1 fully saturated rings. The second-order valence-electron chi connectivity index (χ2n) is 4.28. The summed E-state index contributed by atoms with van der Waals surface area (Å²) in [7, 11) is -1.73. The largest absolute Gasteiger partial charge is 0.313 e. The van der Waals surface area contributed by atoms with Crippen LogP contribution in [0.4, 0.5) is 0 Å². The third kappa shape index (κ3) is 2.85. The molecule has 96 valence electrons. The van der Waals surface area contributed by atoms with Crippen molar-refractivity contribution in [1.29, 1.82) is 0 Å². The molecule has 0 amide bonds. The van der Waals surface area contributed by atoms with Gasteiger partial charge in [0.05, 0.1) is 11.2 Å². The lowest BCUT2D eigenvalue weighted by Crippen LogP contribution is -2.38. The standard InChI is InChI=1S/C10H17N3O2S2/c1-8-12-6-10(16-8)17(14,15)13(2)7-9-4-3-5-11-9/h6,9,11H,3-5,7H2,1-2H3. The van der Waals surface area contributed by atoms with E-state index in [-0.39, 0.29) is 6.04 Å². The summed E-state index contributed by atoms with van der Waals surface area (Å²) < 4.78 is 26.2. The lowest BCUT2D eigenvalue weighted by Gasteiger charge is -2.19. The van der Waals surface area contributed by atoms with Crippen molar-refractivity contribution in [2.45, 2.75) is 30.0 Å². The van der Waals surface area contributed by atoms with Crippen LogP contribution >= 0.6 is 11.3 Å². The van der Waals surface area contributed by atoms with Gasteiger partial charge in [0.15, 0.2) is 4.21 Å². The fraction of sp³-hybridized carbons (Fsp3) is 0.700. The van der Waals surface area contributed by atoms with Gasteiger partial charge in [-0.2, -0.15) is 4.31 Å². The minimum absolute atomic E-state index is 0.281. The summed E-state index contributed by atoms with van der Waals surface area (Å²) in [5, 5.41) is 4.07. The Morgan fingerprint density at radius 1 is 1.65 bits per heavy atom. The molecule has 1 unspecified atom stereocenters. The van der Waals surface area contributed by atoms with Crippen LogP contribution in [0.5, 0.6) is 0 Å². The molecule has 1 saturated heterocycles. The molecule has 0 radical (unpaired) electrons. The van der Waals surface area contributed by atoms with Crippen molar-refractivity contribution in [2.75, 3.05) is 20.1 Å². The minimum Gasteiger partial charge on any atom is -0.313 e. The van der Waals surface area contributed by atoms with Crippen molar-refractivity contribution in [3.05, 3.63) is 11.2 Å². The summed E-state index contributed by atoms with van der Waals surface area (Å²) in [5.41, 5.74) is 0. The second-order valence-corrected chi connectivity index (χ2v) is 7.78. The van der Waals surface area contributed by atoms with Crippen molar-refractivity contribution in [3.63, 3.8) is 0 Å². The number of aromatic nitrogens is 1. The molecule has 1 N–H and O–H groups in total. The molecular formula is C10H17N3O2S2. The van der Waals surface area contributed by atoms with E-state index >= 15 is 0 Å². The molecule has 1 aliphatic rings. The van der Waals surface area contributed by atoms with Gasteiger partial charge in [-0.15, -0.1) is 11.3 Å². The number of rotatable bonds is 4. The van der Waals surface area contributed by atoms with Crippen LogP contribution in [0, 0.1) is 6.92 Å². The number of hydrogen-bond acceptors (Lipinski definition) is 5. The highest BCUT2D eigenvalue weighted by molar-refractivity contribution is 7.91. The Morgan fingerprint density at radius 2 is 2.41 bits per heavy atom. The molecule has 0 aliphatic carbocycles. The minimum atomic E-state index is -3.36. The zero-order valence-electron chi connectivity index (χ0n) is 10.0. The smallest absolute Gasteiger partial charge is 0.253 e. The van der Waals surface area contributed by atoms with Crippen molar-refractivity contribution in [2.24, 2.45) is 0 Å². The van der Waals surface area contributed by atoms with Crippen LogP contribution in [0.25, 0.3) is 0 Å². The molecule has 17 heavy (non-hydrogen) atoms. The molecule has 1 aromatic rings. The Kier molecular flexibility index (Phi) is 3.82. The van der Waals surface area contributed by atoms with Gasteiger partial charge in [-0.05, 0) is 26.3 Å². The number of aryl methyl sites for hydroxylation is 1. The predicted molar refractivity (Wildman–Crippen MR) is 67.7 cm³/mol. The van der Waals surface area contributed by atoms with Gasteiger partial charge in [-0.3, -0.25) is 0 Å². The van der Waals surface area contributed by atoms with E-state index < -0.39 is 10.0 Å². The molecule has 5 nitrogen and oxygen atoms in total. The first-order valence-electron chi connectivity index (χ1n) is 5.62. The molecule has 2 rings (SSSR count). The number of nitrogens with zero attached hydrogens (tertiary/aromatic N) is 2. The topological polar surface area (TPSA) is 62.3 Å². The summed E-state index contributed by atoms with van der Waals surface area (Å²) in [4.78, 5) is 3.99. The summed E-state index contributed by atoms with van der Waals surface area (Å²) in [6, 6.07) is 0.281. The zero-order valence-corrected chi connectivity index (χ0v) is 11.6. The third-order valence-electron chi connectivity index (χ3n) is 2.90. The lowest BCUT2D eigenvalue weighted by molar-refractivity contribution is 0.418. The van der Waals surface area contributed by atoms with E-state index in [1.165, 1.54) is 21.8 Å². The van der Waals surface area contributed by atoms with Crippen LogP contribution in [0.2, 0.25) is 0 Å². The average molecular weight is 275 g/mol. The molecule has 1 atom stereocenters. The molecule has 1 aromatic heterocycles. The number of hydrogen-bond donors (Lipinski definition) is 1. The number of thiazole rings is 1. The highest BCUT2D eigenvalue weighted by atomic mass is 32.2. The SMILES string of the molecule is Cc1ncc(S(=O)(=O)N(C)CC2CCCN2)s1. The number of likely N-dealkylation sites (N-methyl/N-ethyl adjacent to an activating group) is 1. The molecular weight excluding hydrogens is 258 g/mol. The summed E-state index contributed by atoms with van der Waals surface area (Å²) in [6.07, 6.45) is 3.60. The van der Waals surface area contributed by atoms with E-state index in [9.17, 15) is 8.42 Å². The van der Waals surface area contributed by atoms with E-state index in [0.29, 0.717) is 10.8 Å². The quantitative estimate of drug-likeness (QED) is 0.884. The van der Waals surface area contributed by atoms with Crippen molar-refractivity contribution >= 4 is 21.4 Å². The lowest BCUT2D eigenvalue weighted by atomic mass is 10.2. The van der Waals surface area contributed by atoms with E-state index in [0.717, 1.165) is 24.4 Å². The first-order valence-corrected chi connectivity index (χ1v) is 7.88. The monoisotopic (exact) mass is 275 g/mol. The normalized spacial score (nSPS) is 21.2. The van der Waals surface area contributed by atoms with Crippen LogP contribution in [0.1, 0.15) is 17.8 Å². The van der Waals surface area contributed by atoms with E-state index in [1.54, 1.807) is 7.05 Å². The molecule has 7 heteroatoms. The zero-order chi connectivity index (χ0) is 12.5. The first kappa shape index (κ1) is 12.9. The Labute approximate surface area is 106 Å². The van der Waals surface area contributed by atoms with Crippen molar-refractivity contribution < 1.29 is 8.42 Å². The number of nitrogens with one attached hydrogen (secondary N) is 1. The molecule has 0 saturated carbocycles. The average Bonchev–Trinajstić information content (AvgIpc) is 2.89. The van der Waals surface area contributed by atoms with Crippen LogP contribution in [0.15, 0.2) is 10.4 Å². The summed E-state index contributed by atoms with van der Waals surface area (Å²) in [6.45, 7) is 3.32. The van der Waals surface area contributed by atoms with Gasteiger partial charge < -0.3 is 5.32 Å². The summed E-state index contributed by atoms with van der Waals surface area (Å²) >= 11 is 1.22. The Hall–Kier alpha value is -0.500. The fourth-order valence-electron chi connectivity index (χ4n) is 1.94. The molecule has 1 aliphatic heterocycles. The highest BCUT2D eigenvalue weighted by Gasteiger charge is 2.26. The molecule has 0 bridgehead atoms. The fourth-order valence-corrected chi connectivity index (χ4v) is 4.47. The van der Waals surface area contributed by atoms with Gasteiger partial charge in [-0.1, -0.05) is 0 Å². The Bertz CT molecular complexity index is 477. The van der Waals surface area contributed by atoms with Crippen molar-refractivity contribution in [3.8, 4) is 0 Å². The molecule has 0 spiro atoms. The first-order chi connectivity index (χ1) is 8.00. The maximum Gasteiger partial charge on any atom is 0.253 e. The van der Waals surface area contributed by atoms with E-state index in [4.69, 9.17) is 0 Å². The van der Waals surface area contributed by atoms with Gasteiger partial charge in [0.25, 0.3) is 10.0 Å². The van der Waals surface area contributed by atoms with Crippen LogP contribution in [-0.2, 0) is 10.0 Å². The van der Waals surface area contributed by atoms with E-state index in [2.05, 4.69) is 10.3 Å². The third-order valence-corrected chi connectivity index (χ3v) is 6.08. The Morgan fingerprint density at radius 3 is 2.94 bits per heavy atom. The molecule has 2 heterocycles.